The number of rotatable bonds is 4. The average Bonchev–Trinajstić information content (AvgIpc) is 3.91. The highest BCUT2D eigenvalue weighted by Gasteiger charge is 2.16. The Bertz CT molecular complexity index is 3110. The third-order valence-electron chi connectivity index (χ3n) is 10.5. The van der Waals surface area contributed by atoms with E-state index < -0.39 is 0 Å². The van der Waals surface area contributed by atoms with Crippen LogP contribution in [0.3, 0.4) is 0 Å². The zero-order chi connectivity index (χ0) is 35.5. The smallest absolute Gasteiger partial charge is 0.136 e. The summed E-state index contributed by atoms with van der Waals surface area (Å²) in [5, 5.41) is 7.28. The van der Waals surface area contributed by atoms with Crippen molar-refractivity contribution < 1.29 is 5.84 Å². The van der Waals surface area contributed by atoms with Gasteiger partial charge in [0.2, 0.25) is 0 Å². The maximum atomic E-state index is 6.21. The number of nitrogens with one attached hydrogen (secondary N) is 1. The molecule has 0 fully saturated rings. The number of hydrogen-bond acceptors (Lipinski definition) is 1. The van der Waals surface area contributed by atoms with Gasteiger partial charge < -0.3 is 14.0 Å². The van der Waals surface area contributed by atoms with Crippen LogP contribution in [0.15, 0.2) is 180 Å². The second-order valence-corrected chi connectivity index (χ2v) is 13.4. The molecule has 3 aromatic heterocycles. The van der Waals surface area contributed by atoms with Gasteiger partial charge in [0.15, 0.2) is 0 Å². The van der Waals surface area contributed by atoms with Gasteiger partial charge in [-0.2, -0.15) is 0 Å². The van der Waals surface area contributed by atoms with Crippen molar-refractivity contribution >= 4 is 65.6 Å². The molecule has 0 bridgehead atoms. The molecule has 11 rings (SSSR count). The first-order chi connectivity index (χ1) is 26.3. The standard InChI is InChI=1S/C48H30N2O.C2H6.H2/c1-4-21-43-37(15-1)38-16-2-5-22-44(38)50(43)34-25-26-42-41(29-34)39-20-9-19-36(48(39)49-42)33-14-8-12-31(28-33)30-11-7-13-32(27-30)35-18-10-24-46-47(35)40-17-3-6-23-45(40)51-46;1-2;/h1-29,49H;1-2H3;1H. The number of nitrogens with zero attached hydrogens (tertiary/aromatic N) is 1. The highest BCUT2D eigenvalue weighted by atomic mass is 16.3. The summed E-state index contributed by atoms with van der Waals surface area (Å²) in [7, 11) is 0. The zero-order valence-corrected chi connectivity index (χ0v) is 29.6. The maximum absolute atomic E-state index is 6.21. The van der Waals surface area contributed by atoms with Crippen molar-refractivity contribution in [2.45, 2.75) is 13.8 Å². The van der Waals surface area contributed by atoms with Crippen LogP contribution in [-0.4, -0.2) is 9.55 Å². The van der Waals surface area contributed by atoms with Crippen LogP contribution in [0.1, 0.15) is 15.3 Å². The average molecular weight is 683 g/mol. The molecule has 3 nitrogen and oxygen atoms in total. The Balaban J connectivity index is 0.00000126. The van der Waals surface area contributed by atoms with E-state index >= 15 is 0 Å². The van der Waals surface area contributed by atoms with Crippen LogP contribution in [0.2, 0.25) is 0 Å². The molecule has 1 N–H and O–H groups in total. The van der Waals surface area contributed by atoms with Crippen molar-refractivity contribution in [2.24, 2.45) is 0 Å². The van der Waals surface area contributed by atoms with Crippen molar-refractivity contribution in [1.82, 2.24) is 9.55 Å². The van der Waals surface area contributed by atoms with Crippen LogP contribution in [0, 0.1) is 0 Å². The quantitative estimate of drug-likeness (QED) is 0.197. The van der Waals surface area contributed by atoms with E-state index in [0.717, 1.165) is 38.7 Å². The van der Waals surface area contributed by atoms with Crippen molar-refractivity contribution in [2.75, 3.05) is 0 Å². The Hall–Kier alpha value is -6.84. The third kappa shape index (κ3) is 4.89. The van der Waals surface area contributed by atoms with Crippen LogP contribution in [0.25, 0.3) is 105 Å². The van der Waals surface area contributed by atoms with E-state index in [9.17, 15) is 0 Å². The molecule has 3 heterocycles. The summed E-state index contributed by atoms with van der Waals surface area (Å²) in [5.74, 6) is 0. The lowest BCUT2D eigenvalue weighted by Gasteiger charge is -2.10. The number of para-hydroxylation sites is 4. The number of aromatic amines is 1. The fraction of sp³-hybridized carbons (Fsp3) is 0.0400. The normalized spacial score (nSPS) is 11.6. The molecule has 0 aliphatic rings. The molecule has 0 saturated carbocycles. The number of H-pyrrole nitrogens is 1. The second kappa shape index (κ2) is 12.4. The van der Waals surface area contributed by atoms with Crippen molar-refractivity contribution in [1.29, 1.82) is 0 Å². The first-order valence-corrected chi connectivity index (χ1v) is 18.4. The molecule has 8 aromatic carbocycles. The molecule has 53 heavy (non-hydrogen) atoms. The summed E-state index contributed by atoms with van der Waals surface area (Å²) in [6.45, 7) is 4.00. The second-order valence-electron chi connectivity index (χ2n) is 13.4. The Morgan fingerprint density at radius 1 is 0.434 bits per heavy atom. The van der Waals surface area contributed by atoms with Crippen molar-refractivity contribution in [3.8, 4) is 39.1 Å². The van der Waals surface area contributed by atoms with Crippen LogP contribution in [0.5, 0.6) is 0 Å². The predicted molar refractivity (Wildman–Crippen MR) is 227 cm³/mol. The Morgan fingerprint density at radius 3 is 1.72 bits per heavy atom. The molecule has 0 radical (unpaired) electrons. The Kier molecular flexibility index (Phi) is 7.26. The fourth-order valence-corrected chi connectivity index (χ4v) is 8.24. The van der Waals surface area contributed by atoms with Gasteiger partial charge in [0.25, 0.3) is 0 Å². The molecule has 0 aliphatic carbocycles. The summed E-state index contributed by atoms with van der Waals surface area (Å²) in [6, 6.07) is 63.2. The first kappa shape index (κ1) is 30.9. The van der Waals surface area contributed by atoms with E-state index in [2.05, 4.69) is 173 Å². The minimum atomic E-state index is 0. The van der Waals surface area contributed by atoms with Gasteiger partial charge in [0.05, 0.1) is 16.6 Å². The molecule has 0 saturated heterocycles. The van der Waals surface area contributed by atoms with E-state index in [0.29, 0.717) is 0 Å². The summed E-state index contributed by atoms with van der Waals surface area (Å²) in [5.41, 5.74) is 14.8. The monoisotopic (exact) mass is 682 g/mol. The molecular weight excluding hydrogens is 645 g/mol. The summed E-state index contributed by atoms with van der Waals surface area (Å²) in [4.78, 5) is 3.79. The number of aromatic nitrogens is 2. The predicted octanol–water partition coefficient (Wildman–Crippen LogP) is 14.6. The topological polar surface area (TPSA) is 33.9 Å². The third-order valence-corrected chi connectivity index (χ3v) is 10.5. The van der Waals surface area contributed by atoms with E-state index in [1.54, 1.807) is 0 Å². The molecule has 254 valence electrons. The van der Waals surface area contributed by atoms with E-state index in [1.807, 2.05) is 26.0 Å². The molecule has 0 atom stereocenters. The summed E-state index contributed by atoms with van der Waals surface area (Å²) >= 11 is 0. The number of hydrogen-bond donors (Lipinski definition) is 1. The van der Waals surface area contributed by atoms with Crippen molar-refractivity contribution in [3.05, 3.63) is 176 Å². The van der Waals surface area contributed by atoms with Gasteiger partial charge in [-0.1, -0.05) is 135 Å². The largest absolute Gasteiger partial charge is 0.456 e. The van der Waals surface area contributed by atoms with Gasteiger partial charge in [-0.25, -0.2) is 0 Å². The van der Waals surface area contributed by atoms with Gasteiger partial charge in [-0.05, 0) is 82.4 Å². The van der Waals surface area contributed by atoms with Gasteiger partial charge in [0.1, 0.15) is 11.2 Å². The molecule has 0 unspecified atom stereocenters. The number of fused-ring (bicyclic) bond motifs is 9. The van der Waals surface area contributed by atoms with Crippen LogP contribution >= 0.6 is 0 Å². The zero-order valence-electron chi connectivity index (χ0n) is 29.6. The maximum Gasteiger partial charge on any atom is 0.136 e. The first-order valence-electron chi connectivity index (χ1n) is 18.4. The summed E-state index contributed by atoms with van der Waals surface area (Å²) < 4.78 is 8.59. The van der Waals surface area contributed by atoms with E-state index in [-0.39, 0.29) is 1.43 Å². The molecular formula is C50H38N2O. The lowest BCUT2D eigenvalue weighted by Crippen LogP contribution is -1.93. The number of furan rings is 1. The summed E-state index contributed by atoms with van der Waals surface area (Å²) in [6.07, 6.45) is 0. The van der Waals surface area contributed by atoms with E-state index in [4.69, 9.17) is 4.42 Å². The van der Waals surface area contributed by atoms with Gasteiger partial charge >= 0.3 is 0 Å². The number of benzene rings is 8. The SMILES string of the molecule is CC.[HH].c1cc(-c2cccc(-c3cccc4oc5ccccc5c34)c2)cc(-c2cccc3c2[nH]c2ccc(-n4c5ccccc5c5ccccc54)cc23)c1. The minimum absolute atomic E-state index is 0. The fourth-order valence-electron chi connectivity index (χ4n) is 8.24. The lowest BCUT2D eigenvalue weighted by atomic mass is 9.94. The van der Waals surface area contributed by atoms with E-state index in [1.165, 1.54) is 66.0 Å². The molecule has 0 spiro atoms. The highest BCUT2D eigenvalue weighted by Crippen LogP contribution is 2.40. The minimum Gasteiger partial charge on any atom is -0.456 e. The molecule has 0 aliphatic heterocycles. The van der Waals surface area contributed by atoms with Crippen LogP contribution in [-0.2, 0) is 0 Å². The van der Waals surface area contributed by atoms with Crippen LogP contribution in [0.4, 0.5) is 0 Å². The van der Waals surface area contributed by atoms with Gasteiger partial charge in [-0.15, -0.1) is 0 Å². The van der Waals surface area contributed by atoms with Gasteiger partial charge in [0, 0.05) is 50.5 Å². The van der Waals surface area contributed by atoms with Crippen LogP contribution < -0.4 is 0 Å². The van der Waals surface area contributed by atoms with Gasteiger partial charge in [-0.3, -0.25) is 0 Å². The molecule has 3 heteroatoms. The molecule has 11 aromatic rings. The lowest BCUT2D eigenvalue weighted by molar-refractivity contribution is 0.669. The highest BCUT2D eigenvalue weighted by molar-refractivity contribution is 6.14. The Morgan fingerprint density at radius 2 is 0.981 bits per heavy atom. The Labute approximate surface area is 308 Å². The van der Waals surface area contributed by atoms with Crippen molar-refractivity contribution in [3.63, 3.8) is 0 Å². The molecule has 0 amide bonds.